The minimum Gasteiger partial charge on any atom is -0.374 e. The molecule has 0 unspecified atom stereocenters. The van der Waals surface area contributed by atoms with Crippen molar-refractivity contribution in [1.29, 1.82) is 0 Å². The van der Waals surface area contributed by atoms with Crippen molar-refractivity contribution in [3.63, 3.8) is 0 Å². The fourth-order valence-corrected chi connectivity index (χ4v) is 6.71. The molecule has 0 aliphatic rings. The van der Waals surface area contributed by atoms with Gasteiger partial charge in [0.05, 0.1) is 10.6 Å². The van der Waals surface area contributed by atoms with E-state index in [0.717, 1.165) is 5.56 Å². The van der Waals surface area contributed by atoms with E-state index >= 15 is 0 Å². The summed E-state index contributed by atoms with van der Waals surface area (Å²) in [5.74, 6) is 0. The van der Waals surface area contributed by atoms with Gasteiger partial charge in [0.1, 0.15) is 5.69 Å². The van der Waals surface area contributed by atoms with Gasteiger partial charge < -0.3 is 18.6 Å². The number of rotatable bonds is 14. The van der Waals surface area contributed by atoms with E-state index < -0.39 is 13.7 Å². The molecule has 0 radical (unpaired) electrons. The fourth-order valence-electron chi connectivity index (χ4n) is 3.32. The number of hydrogen-bond donors (Lipinski definition) is 1. The Kier molecular flexibility index (Phi) is 10.5. The first kappa shape index (κ1) is 27.8. The summed E-state index contributed by atoms with van der Waals surface area (Å²) in [6.45, 7) is 7.85. The van der Waals surface area contributed by atoms with Gasteiger partial charge in [-0.1, -0.05) is 35.1 Å². The Labute approximate surface area is 219 Å². The lowest BCUT2D eigenvalue weighted by molar-refractivity contribution is -0.384. The molecular formula is C23H28ClN5O5SSi. The molecule has 2 aromatic carbocycles. The molecule has 3 aromatic rings. The number of non-ortho nitro benzene ring substituents is 1. The van der Waals surface area contributed by atoms with Gasteiger partial charge in [0, 0.05) is 55.1 Å². The SMILES string of the molecule is CCO[Si](CCNc1nc(-c2ccc(Cl)cc2)c(N=Nc2ccc([N+](=O)[O-])cc2)s1)(OCC)OCC. The first-order valence-electron chi connectivity index (χ1n) is 11.5. The molecule has 1 heterocycles. The minimum atomic E-state index is -2.79. The van der Waals surface area contributed by atoms with Gasteiger partial charge in [-0.15, -0.1) is 10.2 Å². The number of azo groups is 1. The van der Waals surface area contributed by atoms with Crippen LogP contribution in [0, 0.1) is 10.1 Å². The molecule has 0 atom stereocenters. The molecule has 0 aliphatic carbocycles. The van der Waals surface area contributed by atoms with Crippen molar-refractivity contribution in [3.05, 3.63) is 63.7 Å². The van der Waals surface area contributed by atoms with Crippen molar-refractivity contribution in [2.24, 2.45) is 10.2 Å². The maximum atomic E-state index is 10.9. The van der Waals surface area contributed by atoms with Crippen molar-refractivity contribution in [2.45, 2.75) is 26.8 Å². The number of hydrogen-bond acceptors (Lipinski definition) is 10. The predicted molar refractivity (Wildman–Crippen MR) is 144 cm³/mol. The number of anilines is 1. The Bertz CT molecular complexity index is 1140. The van der Waals surface area contributed by atoms with Crippen LogP contribution < -0.4 is 5.32 Å². The zero-order valence-electron chi connectivity index (χ0n) is 20.3. The van der Waals surface area contributed by atoms with Crippen molar-refractivity contribution in [2.75, 3.05) is 31.7 Å². The van der Waals surface area contributed by atoms with Crippen LogP contribution in [0.25, 0.3) is 11.3 Å². The van der Waals surface area contributed by atoms with Crippen molar-refractivity contribution >= 4 is 53.2 Å². The number of nitro benzene ring substituents is 1. The number of nitrogens with zero attached hydrogens (tertiary/aromatic N) is 4. The molecule has 0 spiro atoms. The number of nitro groups is 1. The molecular weight excluding hydrogens is 522 g/mol. The number of benzene rings is 2. The molecule has 0 saturated carbocycles. The summed E-state index contributed by atoms with van der Waals surface area (Å²) in [6.07, 6.45) is 0. The van der Waals surface area contributed by atoms with Gasteiger partial charge >= 0.3 is 8.80 Å². The lowest BCUT2D eigenvalue weighted by atomic mass is 10.2. The molecule has 13 heteroatoms. The molecule has 3 rings (SSSR count). The number of aromatic nitrogens is 1. The lowest BCUT2D eigenvalue weighted by Gasteiger charge is -2.28. The van der Waals surface area contributed by atoms with Gasteiger partial charge in [-0.3, -0.25) is 10.1 Å². The van der Waals surface area contributed by atoms with Gasteiger partial charge in [0.15, 0.2) is 10.1 Å². The average Bonchev–Trinajstić information content (AvgIpc) is 3.27. The third kappa shape index (κ3) is 7.63. The second kappa shape index (κ2) is 13.5. The quantitative estimate of drug-likeness (QED) is 0.0972. The topological polar surface area (TPSA) is 120 Å². The Balaban J connectivity index is 1.82. The van der Waals surface area contributed by atoms with E-state index in [-0.39, 0.29) is 5.69 Å². The number of thiazole rings is 1. The Morgan fingerprint density at radius 2 is 1.61 bits per heavy atom. The molecule has 0 bridgehead atoms. The van der Waals surface area contributed by atoms with Crippen LogP contribution in [0.1, 0.15) is 20.8 Å². The smallest absolute Gasteiger partial charge is 0.374 e. The first-order valence-corrected chi connectivity index (χ1v) is 14.6. The highest BCUT2D eigenvalue weighted by Gasteiger charge is 2.39. The third-order valence-corrected chi connectivity index (χ3v) is 9.04. The van der Waals surface area contributed by atoms with Crippen LogP contribution in [0.5, 0.6) is 0 Å². The van der Waals surface area contributed by atoms with E-state index in [9.17, 15) is 10.1 Å². The van der Waals surface area contributed by atoms with Crippen LogP contribution in [-0.4, -0.2) is 45.1 Å². The number of nitrogens with one attached hydrogen (secondary N) is 1. The summed E-state index contributed by atoms with van der Waals surface area (Å²) in [7, 11) is -2.79. The second-order valence-electron chi connectivity index (χ2n) is 7.31. The van der Waals surface area contributed by atoms with E-state index in [1.165, 1.54) is 23.5 Å². The summed E-state index contributed by atoms with van der Waals surface area (Å²) in [5.41, 5.74) is 1.97. The van der Waals surface area contributed by atoms with E-state index in [2.05, 4.69) is 15.5 Å². The van der Waals surface area contributed by atoms with Crippen molar-refractivity contribution in [1.82, 2.24) is 4.98 Å². The summed E-state index contributed by atoms with van der Waals surface area (Å²) in [4.78, 5) is 15.2. The molecule has 192 valence electrons. The summed E-state index contributed by atoms with van der Waals surface area (Å²) < 4.78 is 17.8. The first-order chi connectivity index (χ1) is 17.4. The van der Waals surface area contributed by atoms with Crippen molar-refractivity contribution in [3.8, 4) is 11.3 Å². The van der Waals surface area contributed by atoms with Gasteiger partial charge in [-0.05, 0) is 45.0 Å². The van der Waals surface area contributed by atoms with Gasteiger partial charge in [-0.25, -0.2) is 4.98 Å². The molecule has 0 fully saturated rings. The van der Waals surface area contributed by atoms with Crippen LogP contribution in [-0.2, 0) is 13.3 Å². The van der Waals surface area contributed by atoms with E-state index in [4.69, 9.17) is 29.9 Å². The zero-order chi connectivity index (χ0) is 26.0. The Hall–Kier alpha value is -2.74. The zero-order valence-corrected chi connectivity index (χ0v) is 22.8. The molecule has 0 aliphatic heterocycles. The Morgan fingerprint density at radius 3 is 2.17 bits per heavy atom. The molecule has 10 nitrogen and oxygen atoms in total. The van der Waals surface area contributed by atoms with Crippen LogP contribution >= 0.6 is 22.9 Å². The molecule has 0 amide bonds. The normalized spacial score (nSPS) is 11.8. The largest absolute Gasteiger partial charge is 0.502 e. The highest BCUT2D eigenvalue weighted by molar-refractivity contribution is 7.19. The summed E-state index contributed by atoms with van der Waals surface area (Å²) in [5, 5.41) is 24.7. The lowest BCUT2D eigenvalue weighted by Crippen LogP contribution is -2.47. The highest BCUT2D eigenvalue weighted by Crippen LogP contribution is 2.39. The van der Waals surface area contributed by atoms with Crippen LogP contribution in [0.2, 0.25) is 11.1 Å². The van der Waals surface area contributed by atoms with E-state index in [1.807, 2.05) is 32.9 Å². The molecule has 36 heavy (non-hydrogen) atoms. The van der Waals surface area contributed by atoms with E-state index in [0.29, 0.717) is 58.9 Å². The van der Waals surface area contributed by atoms with Gasteiger partial charge in [0.2, 0.25) is 0 Å². The highest BCUT2D eigenvalue weighted by atomic mass is 35.5. The van der Waals surface area contributed by atoms with Gasteiger partial charge in [-0.2, -0.15) is 0 Å². The fraction of sp³-hybridized carbons (Fsp3) is 0.348. The molecule has 1 N–H and O–H groups in total. The van der Waals surface area contributed by atoms with Crippen LogP contribution in [0.15, 0.2) is 58.8 Å². The monoisotopic (exact) mass is 549 g/mol. The molecule has 1 aromatic heterocycles. The third-order valence-electron chi connectivity index (χ3n) is 4.84. The van der Waals surface area contributed by atoms with Crippen LogP contribution in [0.3, 0.4) is 0 Å². The maximum absolute atomic E-state index is 10.9. The second-order valence-corrected chi connectivity index (χ2v) is 11.5. The maximum Gasteiger partial charge on any atom is 0.502 e. The predicted octanol–water partition coefficient (Wildman–Crippen LogP) is 7.25. The number of halogens is 1. The summed E-state index contributed by atoms with van der Waals surface area (Å²) in [6, 6.07) is 13.7. The molecule has 0 saturated heterocycles. The standard InChI is InChI=1S/C23H28ClN5O5SSi/c1-4-32-36(33-5-2,34-6-3)16-15-25-23-26-21(17-7-9-18(24)10-8-17)22(35-23)28-27-19-11-13-20(14-12-19)29(30)31/h7-14H,4-6,15-16H2,1-3H3,(H,25,26). The van der Waals surface area contributed by atoms with Crippen LogP contribution in [0.4, 0.5) is 21.5 Å². The average molecular weight is 550 g/mol. The minimum absolute atomic E-state index is 0.00846. The summed E-state index contributed by atoms with van der Waals surface area (Å²) >= 11 is 7.40. The van der Waals surface area contributed by atoms with Gasteiger partial charge in [0.25, 0.3) is 5.69 Å². The Morgan fingerprint density at radius 1 is 1.00 bits per heavy atom. The van der Waals surface area contributed by atoms with E-state index in [1.54, 1.807) is 24.3 Å². The van der Waals surface area contributed by atoms with Crippen molar-refractivity contribution < 1.29 is 18.2 Å².